The summed E-state index contributed by atoms with van der Waals surface area (Å²) in [5.41, 5.74) is 0.566. The molecule has 0 saturated carbocycles. The van der Waals surface area contributed by atoms with Crippen molar-refractivity contribution >= 4 is 23.5 Å². The van der Waals surface area contributed by atoms with Gasteiger partial charge in [-0.3, -0.25) is 4.79 Å². The highest BCUT2D eigenvalue weighted by molar-refractivity contribution is 7.99. The van der Waals surface area contributed by atoms with Gasteiger partial charge in [0.15, 0.2) is 0 Å². The van der Waals surface area contributed by atoms with Crippen molar-refractivity contribution in [1.82, 2.24) is 9.88 Å². The van der Waals surface area contributed by atoms with Crippen LogP contribution in [0.2, 0.25) is 0 Å². The van der Waals surface area contributed by atoms with E-state index in [-0.39, 0.29) is 5.92 Å². The third-order valence-electron chi connectivity index (χ3n) is 4.06. The van der Waals surface area contributed by atoms with Gasteiger partial charge >= 0.3 is 0 Å². The van der Waals surface area contributed by atoms with Crippen molar-refractivity contribution in [2.24, 2.45) is 5.92 Å². The van der Waals surface area contributed by atoms with E-state index in [2.05, 4.69) is 16.0 Å². The highest BCUT2D eigenvalue weighted by atomic mass is 32.2. The summed E-state index contributed by atoms with van der Waals surface area (Å²) >= 11 is 1.92. The minimum Gasteiger partial charge on any atom is -0.356 e. The Kier molecular flexibility index (Phi) is 4.30. The van der Waals surface area contributed by atoms with Gasteiger partial charge in [0.25, 0.3) is 0 Å². The number of carbonyl (C=O) groups excluding carboxylic acids is 1. The lowest BCUT2D eigenvalue weighted by Gasteiger charge is -2.29. The predicted molar refractivity (Wildman–Crippen MR) is 83.2 cm³/mol. The highest BCUT2D eigenvalue weighted by Gasteiger charge is 2.32. The quantitative estimate of drug-likeness (QED) is 0.825. The SMILES string of the molecule is N#Cc1ccc(N2CCC(C(=O)N3CCSCC3)C2)nc1. The van der Waals surface area contributed by atoms with E-state index in [0.29, 0.717) is 11.5 Å². The molecule has 5 nitrogen and oxygen atoms in total. The molecule has 2 aliphatic heterocycles. The second kappa shape index (κ2) is 6.35. The van der Waals surface area contributed by atoms with Crippen LogP contribution in [0.4, 0.5) is 5.82 Å². The number of rotatable bonds is 2. The van der Waals surface area contributed by atoms with E-state index in [1.165, 1.54) is 0 Å². The minimum absolute atomic E-state index is 0.0885. The van der Waals surface area contributed by atoms with Crippen molar-refractivity contribution in [3.63, 3.8) is 0 Å². The molecule has 3 heterocycles. The first-order valence-electron chi connectivity index (χ1n) is 7.25. The summed E-state index contributed by atoms with van der Waals surface area (Å²) in [6, 6.07) is 5.71. The molecule has 21 heavy (non-hydrogen) atoms. The molecule has 1 aromatic rings. The van der Waals surface area contributed by atoms with Gasteiger partial charge in [-0.1, -0.05) is 0 Å². The Morgan fingerprint density at radius 1 is 1.33 bits per heavy atom. The zero-order chi connectivity index (χ0) is 14.7. The zero-order valence-electron chi connectivity index (χ0n) is 11.9. The molecular formula is C15H18N4OS. The molecule has 0 aliphatic carbocycles. The average molecular weight is 302 g/mol. The van der Waals surface area contributed by atoms with Gasteiger partial charge in [-0.05, 0) is 18.6 Å². The third-order valence-corrected chi connectivity index (χ3v) is 5.00. The summed E-state index contributed by atoms with van der Waals surface area (Å²) in [5.74, 6) is 3.36. The lowest BCUT2D eigenvalue weighted by atomic mass is 10.1. The molecular weight excluding hydrogens is 284 g/mol. The van der Waals surface area contributed by atoms with Crippen molar-refractivity contribution in [1.29, 1.82) is 5.26 Å². The summed E-state index contributed by atoms with van der Waals surface area (Å²) in [5, 5.41) is 8.80. The van der Waals surface area contributed by atoms with Gasteiger partial charge in [-0.2, -0.15) is 17.0 Å². The third kappa shape index (κ3) is 3.13. The molecule has 1 atom stereocenters. The van der Waals surface area contributed by atoms with Crippen LogP contribution in [0.3, 0.4) is 0 Å². The van der Waals surface area contributed by atoms with Crippen LogP contribution in [0.5, 0.6) is 0 Å². The Bertz CT molecular complexity index is 548. The fourth-order valence-corrected chi connectivity index (χ4v) is 3.75. The predicted octanol–water partition coefficient (Wildman–Crippen LogP) is 1.35. The van der Waals surface area contributed by atoms with Crippen molar-refractivity contribution in [3.8, 4) is 6.07 Å². The van der Waals surface area contributed by atoms with Gasteiger partial charge in [0.1, 0.15) is 11.9 Å². The van der Waals surface area contributed by atoms with Gasteiger partial charge in [0.2, 0.25) is 5.91 Å². The molecule has 1 unspecified atom stereocenters. The van der Waals surface area contributed by atoms with Gasteiger partial charge in [0.05, 0.1) is 11.5 Å². The number of pyridine rings is 1. The van der Waals surface area contributed by atoms with Crippen LogP contribution in [-0.2, 0) is 4.79 Å². The second-order valence-electron chi connectivity index (χ2n) is 5.39. The number of aromatic nitrogens is 1. The Morgan fingerprint density at radius 3 is 2.81 bits per heavy atom. The standard InChI is InChI=1S/C15H18N4OS/c16-9-12-1-2-14(17-10-12)19-4-3-13(11-19)15(20)18-5-7-21-8-6-18/h1-2,10,13H,3-8,11H2. The maximum atomic E-state index is 12.5. The first-order valence-corrected chi connectivity index (χ1v) is 8.41. The van der Waals surface area contributed by atoms with Crippen molar-refractivity contribution in [2.75, 3.05) is 42.6 Å². The molecule has 2 aliphatic rings. The fraction of sp³-hybridized carbons (Fsp3) is 0.533. The Hall–Kier alpha value is -1.74. The number of carbonyl (C=O) groups is 1. The topological polar surface area (TPSA) is 60.2 Å². The summed E-state index contributed by atoms with van der Waals surface area (Å²) in [6.45, 7) is 3.36. The van der Waals surface area contributed by atoms with Gasteiger partial charge < -0.3 is 9.80 Å². The van der Waals surface area contributed by atoms with E-state index < -0.39 is 0 Å². The number of amides is 1. The van der Waals surface area contributed by atoms with Gasteiger partial charge in [-0.25, -0.2) is 4.98 Å². The molecule has 0 radical (unpaired) electrons. The molecule has 0 N–H and O–H groups in total. The van der Waals surface area contributed by atoms with Crippen LogP contribution < -0.4 is 4.90 Å². The maximum Gasteiger partial charge on any atom is 0.227 e. The molecule has 3 rings (SSSR count). The molecule has 2 saturated heterocycles. The molecule has 0 spiro atoms. The lowest BCUT2D eigenvalue weighted by molar-refractivity contribution is -0.134. The number of nitrogens with zero attached hydrogens (tertiary/aromatic N) is 4. The smallest absolute Gasteiger partial charge is 0.227 e. The summed E-state index contributed by atoms with van der Waals surface area (Å²) in [7, 11) is 0. The maximum absolute atomic E-state index is 12.5. The van der Waals surface area contributed by atoms with Gasteiger partial charge in [-0.15, -0.1) is 0 Å². The number of hydrogen-bond donors (Lipinski definition) is 0. The Balaban J connectivity index is 1.61. The van der Waals surface area contributed by atoms with Crippen LogP contribution in [0, 0.1) is 17.2 Å². The molecule has 110 valence electrons. The van der Waals surface area contributed by atoms with E-state index in [0.717, 1.165) is 49.9 Å². The molecule has 0 aromatic carbocycles. The highest BCUT2D eigenvalue weighted by Crippen LogP contribution is 2.24. The van der Waals surface area contributed by atoms with Crippen LogP contribution in [0.1, 0.15) is 12.0 Å². The van der Waals surface area contributed by atoms with Crippen molar-refractivity contribution < 1.29 is 4.79 Å². The molecule has 2 fully saturated rings. The molecule has 6 heteroatoms. The first kappa shape index (κ1) is 14.2. The van der Waals surface area contributed by atoms with Crippen LogP contribution in [0.15, 0.2) is 18.3 Å². The molecule has 1 aromatic heterocycles. The zero-order valence-corrected chi connectivity index (χ0v) is 12.7. The lowest BCUT2D eigenvalue weighted by Crippen LogP contribution is -2.42. The molecule has 1 amide bonds. The van der Waals surface area contributed by atoms with E-state index >= 15 is 0 Å². The van der Waals surface area contributed by atoms with Crippen LogP contribution in [-0.4, -0.2) is 53.5 Å². The van der Waals surface area contributed by atoms with E-state index in [1.54, 1.807) is 12.3 Å². The fourth-order valence-electron chi connectivity index (χ4n) is 2.85. The number of nitriles is 1. The van der Waals surface area contributed by atoms with E-state index in [9.17, 15) is 4.79 Å². The summed E-state index contributed by atoms with van der Waals surface area (Å²) in [4.78, 5) is 21.0. The summed E-state index contributed by atoms with van der Waals surface area (Å²) < 4.78 is 0. The normalized spacial score (nSPS) is 22.1. The number of hydrogen-bond acceptors (Lipinski definition) is 5. The molecule has 0 bridgehead atoms. The Labute approximate surface area is 128 Å². The van der Waals surface area contributed by atoms with Gasteiger partial charge in [0, 0.05) is 43.9 Å². The number of thioether (sulfide) groups is 1. The van der Waals surface area contributed by atoms with Crippen molar-refractivity contribution in [2.45, 2.75) is 6.42 Å². The minimum atomic E-state index is 0.0885. The van der Waals surface area contributed by atoms with Crippen LogP contribution in [0.25, 0.3) is 0 Å². The average Bonchev–Trinajstić information content (AvgIpc) is 3.05. The van der Waals surface area contributed by atoms with Crippen molar-refractivity contribution in [3.05, 3.63) is 23.9 Å². The second-order valence-corrected chi connectivity index (χ2v) is 6.61. The number of anilines is 1. The van der Waals surface area contributed by atoms with Crippen LogP contribution >= 0.6 is 11.8 Å². The van der Waals surface area contributed by atoms with E-state index in [1.807, 2.05) is 22.7 Å². The summed E-state index contributed by atoms with van der Waals surface area (Å²) in [6.07, 6.45) is 2.48. The Morgan fingerprint density at radius 2 is 2.14 bits per heavy atom. The first-order chi connectivity index (χ1) is 10.3. The monoisotopic (exact) mass is 302 g/mol. The largest absolute Gasteiger partial charge is 0.356 e. The van der Waals surface area contributed by atoms with E-state index in [4.69, 9.17) is 5.26 Å².